The van der Waals surface area contributed by atoms with Crippen molar-refractivity contribution < 1.29 is 8.42 Å². The summed E-state index contributed by atoms with van der Waals surface area (Å²) in [4.78, 5) is 5.11. The normalized spacial score (nSPS) is 12.0. The molecule has 2 rings (SSSR count). The van der Waals surface area contributed by atoms with Gasteiger partial charge in [0.2, 0.25) is 10.0 Å². The summed E-state index contributed by atoms with van der Waals surface area (Å²) in [6.07, 6.45) is 1.42. The van der Waals surface area contributed by atoms with Crippen molar-refractivity contribution in [2.75, 3.05) is 5.43 Å². The molecule has 0 saturated heterocycles. The lowest BCUT2D eigenvalue weighted by molar-refractivity contribution is 0.350. The van der Waals surface area contributed by atoms with Gasteiger partial charge in [-0.3, -0.25) is 0 Å². The predicted molar refractivity (Wildman–Crippen MR) is 84.2 cm³/mol. The second-order valence-electron chi connectivity index (χ2n) is 4.74. The van der Waals surface area contributed by atoms with E-state index in [1.165, 1.54) is 34.0 Å². The Labute approximate surface area is 128 Å². The number of nitrogens with zero attached hydrogens (tertiary/aromatic N) is 2. The first-order valence-corrected chi connectivity index (χ1v) is 8.74. The fourth-order valence-electron chi connectivity index (χ4n) is 1.89. The van der Waals surface area contributed by atoms with Crippen LogP contribution in [0.1, 0.15) is 18.7 Å². The molecule has 0 amide bonds. The summed E-state index contributed by atoms with van der Waals surface area (Å²) >= 11 is 1.54. The monoisotopic (exact) mass is 326 g/mol. The molecule has 0 aliphatic heterocycles. The van der Waals surface area contributed by atoms with Crippen LogP contribution >= 0.6 is 11.3 Å². The Morgan fingerprint density at radius 2 is 2.19 bits per heavy atom. The van der Waals surface area contributed by atoms with Gasteiger partial charge in [-0.25, -0.2) is 19.2 Å². The molecule has 21 heavy (non-hydrogen) atoms. The summed E-state index contributed by atoms with van der Waals surface area (Å²) in [5, 5.41) is 1.93. The van der Waals surface area contributed by atoms with E-state index in [0.29, 0.717) is 12.4 Å². The third kappa shape index (κ3) is 3.59. The zero-order valence-electron chi connectivity index (χ0n) is 11.9. The number of nitrogen functional groups attached to an aromatic ring is 1. The van der Waals surface area contributed by atoms with Crippen molar-refractivity contribution in [2.24, 2.45) is 5.84 Å². The van der Waals surface area contributed by atoms with Crippen LogP contribution in [0.5, 0.6) is 0 Å². The summed E-state index contributed by atoms with van der Waals surface area (Å²) in [5.74, 6) is 5.60. The minimum atomic E-state index is -3.60. The van der Waals surface area contributed by atoms with Crippen LogP contribution in [0.4, 0.5) is 5.82 Å². The Kier molecular flexibility index (Phi) is 4.94. The maximum atomic E-state index is 12.8. The van der Waals surface area contributed by atoms with E-state index in [1.807, 2.05) is 31.4 Å². The number of sulfonamides is 1. The number of anilines is 1. The first-order valence-electron chi connectivity index (χ1n) is 6.42. The van der Waals surface area contributed by atoms with Gasteiger partial charge in [-0.05, 0) is 31.4 Å². The van der Waals surface area contributed by atoms with Crippen LogP contribution in [-0.2, 0) is 16.6 Å². The van der Waals surface area contributed by atoms with Gasteiger partial charge in [0.1, 0.15) is 5.82 Å². The first-order chi connectivity index (χ1) is 9.95. The molecule has 0 aliphatic carbocycles. The van der Waals surface area contributed by atoms with E-state index in [1.54, 1.807) is 0 Å². The van der Waals surface area contributed by atoms with E-state index >= 15 is 0 Å². The average Bonchev–Trinajstić information content (AvgIpc) is 2.97. The molecule has 6 nitrogen and oxygen atoms in total. The van der Waals surface area contributed by atoms with Crippen LogP contribution in [0, 0.1) is 0 Å². The van der Waals surface area contributed by atoms with E-state index in [0.717, 1.165) is 4.88 Å². The van der Waals surface area contributed by atoms with E-state index in [4.69, 9.17) is 5.84 Å². The molecule has 0 radical (unpaired) electrons. The summed E-state index contributed by atoms with van der Waals surface area (Å²) in [6.45, 7) is 4.06. The molecule has 0 atom stereocenters. The smallest absolute Gasteiger partial charge is 0.243 e. The second-order valence-corrected chi connectivity index (χ2v) is 7.67. The lowest BCUT2D eigenvalue weighted by Crippen LogP contribution is -2.36. The Balaban J connectivity index is 2.37. The molecule has 2 heterocycles. The van der Waals surface area contributed by atoms with Crippen LogP contribution in [-0.4, -0.2) is 23.7 Å². The maximum Gasteiger partial charge on any atom is 0.243 e. The van der Waals surface area contributed by atoms with Gasteiger partial charge in [0, 0.05) is 29.7 Å². The van der Waals surface area contributed by atoms with E-state index in [2.05, 4.69) is 10.4 Å². The summed E-state index contributed by atoms with van der Waals surface area (Å²) < 4.78 is 27.1. The standard InChI is InChI=1S/C13H18N4O2S2/c1-10(2)17(9-11-4-3-7-20-11)21(18,19)12-5-6-15-13(8-12)16-14/h3-8,10H,9,14H2,1-2H3,(H,15,16). The van der Waals surface area contributed by atoms with E-state index in [9.17, 15) is 8.42 Å². The van der Waals surface area contributed by atoms with E-state index < -0.39 is 10.0 Å². The Morgan fingerprint density at radius 3 is 2.76 bits per heavy atom. The molecule has 0 unspecified atom stereocenters. The van der Waals surface area contributed by atoms with Crippen LogP contribution < -0.4 is 11.3 Å². The van der Waals surface area contributed by atoms with Crippen molar-refractivity contribution in [3.8, 4) is 0 Å². The van der Waals surface area contributed by atoms with Crippen molar-refractivity contribution in [2.45, 2.75) is 31.3 Å². The van der Waals surface area contributed by atoms with Crippen molar-refractivity contribution in [1.82, 2.24) is 9.29 Å². The van der Waals surface area contributed by atoms with Crippen molar-refractivity contribution >= 4 is 27.2 Å². The van der Waals surface area contributed by atoms with Crippen molar-refractivity contribution in [1.29, 1.82) is 0 Å². The first kappa shape index (κ1) is 15.9. The Hall–Kier alpha value is -1.48. The SMILES string of the molecule is CC(C)N(Cc1cccs1)S(=O)(=O)c1ccnc(NN)c1. The Bertz CT molecular complexity index is 684. The minimum absolute atomic E-state index is 0.153. The highest BCUT2D eigenvalue weighted by Gasteiger charge is 2.27. The molecule has 0 saturated carbocycles. The van der Waals surface area contributed by atoms with Crippen molar-refractivity contribution in [3.63, 3.8) is 0 Å². The topological polar surface area (TPSA) is 88.3 Å². The number of hydrazine groups is 1. The third-order valence-corrected chi connectivity index (χ3v) is 5.83. The van der Waals surface area contributed by atoms with Gasteiger partial charge in [0.05, 0.1) is 4.90 Å². The van der Waals surface area contributed by atoms with Gasteiger partial charge in [-0.2, -0.15) is 4.31 Å². The minimum Gasteiger partial charge on any atom is -0.308 e. The van der Waals surface area contributed by atoms with Crippen molar-refractivity contribution in [3.05, 3.63) is 40.7 Å². The fraction of sp³-hybridized carbons (Fsp3) is 0.308. The summed E-state index contributed by atoms with van der Waals surface area (Å²) in [5.41, 5.74) is 2.36. The Morgan fingerprint density at radius 1 is 1.43 bits per heavy atom. The fourth-order valence-corrected chi connectivity index (χ4v) is 4.30. The van der Waals surface area contributed by atoms with Crippen LogP contribution in [0.3, 0.4) is 0 Å². The number of thiophene rings is 1. The summed E-state index contributed by atoms with van der Waals surface area (Å²) in [7, 11) is -3.60. The second kappa shape index (κ2) is 6.52. The number of rotatable bonds is 6. The number of pyridine rings is 1. The molecular weight excluding hydrogens is 308 g/mol. The van der Waals surface area contributed by atoms with Gasteiger partial charge in [0.25, 0.3) is 0 Å². The van der Waals surface area contributed by atoms with Gasteiger partial charge < -0.3 is 5.43 Å². The highest BCUT2D eigenvalue weighted by Crippen LogP contribution is 2.23. The van der Waals surface area contributed by atoms with E-state index in [-0.39, 0.29) is 10.9 Å². The number of aromatic nitrogens is 1. The average molecular weight is 326 g/mol. The molecule has 3 N–H and O–H groups in total. The van der Waals surface area contributed by atoms with Gasteiger partial charge >= 0.3 is 0 Å². The number of nitrogens with one attached hydrogen (secondary N) is 1. The molecule has 0 aromatic carbocycles. The molecule has 2 aromatic heterocycles. The molecule has 0 bridgehead atoms. The number of hydrogen-bond acceptors (Lipinski definition) is 6. The van der Waals surface area contributed by atoms with Gasteiger partial charge in [-0.15, -0.1) is 11.3 Å². The lowest BCUT2D eigenvalue weighted by Gasteiger charge is -2.25. The molecule has 0 spiro atoms. The molecule has 8 heteroatoms. The zero-order chi connectivity index (χ0) is 15.5. The molecular formula is C13H18N4O2S2. The highest BCUT2D eigenvalue weighted by atomic mass is 32.2. The van der Waals surface area contributed by atoms with Crippen LogP contribution in [0.15, 0.2) is 40.7 Å². The largest absolute Gasteiger partial charge is 0.308 e. The predicted octanol–water partition coefficient (Wildman–Crippen LogP) is 2.03. The third-order valence-electron chi connectivity index (χ3n) is 2.95. The molecule has 114 valence electrons. The maximum absolute atomic E-state index is 12.8. The van der Waals surface area contributed by atoms with Gasteiger partial charge in [-0.1, -0.05) is 6.07 Å². The lowest BCUT2D eigenvalue weighted by atomic mass is 10.4. The molecule has 2 aromatic rings. The number of nitrogens with two attached hydrogens (primary N) is 1. The molecule has 0 aliphatic rings. The highest BCUT2D eigenvalue weighted by molar-refractivity contribution is 7.89. The summed E-state index contributed by atoms with van der Waals surface area (Å²) in [6, 6.07) is 6.59. The zero-order valence-corrected chi connectivity index (χ0v) is 13.5. The quantitative estimate of drug-likeness (QED) is 0.626. The number of hydrogen-bond donors (Lipinski definition) is 2. The molecule has 0 fully saturated rings. The van der Waals surface area contributed by atoms with Crippen LogP contribution in [0.2, 0.25) is 0 Å². The van der Waals surface area contributed by atoms with Crippen LogP contribution in [0.25, 0.3) is 0 Å². The van der Waals surface area contributed by atoms with Gasteiger partial charge in [0.15, 0.2) is 0 Å².